The number of fused-ring (bicyclic) bond motifs is 4. The van der Waals surface area contributed by atoms with Crippen molar-refractivity contribution in [2.45, 2.75) is 0 Å². The van der Waals surface area contributed by atoms with E-state index in [0.717, 1.165) is 49.1 Å². The molecule has 2 heteroatoms. The molecule has 0 saturated heterocycles. The molecule has 0 amide bonds. The van der Waals surface area contributed by atoms with Crippen LogP contribution in [-0.2, 0) is 0 Å². The molecule has 0 radical (unpaired) electrons. The van der Waals surface area contributed by atoms with E-state index in [4.69, 9.17) is 8.83 Å². The van der Waals surface area contributed by atoms with Gasteiger partial charge in [0.05, 0.1) is 0 Å². The van der Waals surface area contributed by atoms with Crippen molar-refractivity contribution in [1.29, 1.82) is 0 Å². The summed E-state index contributed by atoms with van der Waals surface area (Å²) in [6, 6.07) is 22.4. The molecule has 2 heterocycles. The van der Waals surface area contributed by atoms with Crippen LogP contribution >= 0.6 is 0 Å². The van der Waals surface area contributed by atoms with E-state index in [1.54, 1.807) is 6.08 Å². The van der Waals surface area contributed by atoms with E-state index in [2.05, 4.69) is 43.0 Å². The van der Waals surface area contributed by atoms with E-state index in [9.17, 15) is 0 Å². The van der Waals surface area contributed by atoms with E-state index in [-0.39, 0.29) is 0 Å². The average molecular weight is 336 g/mol. The molecule has 0 aliphatic heterocycles. The highest BCUT2D eigenvalue weighted by Crippen LogP contribution is 2.30. The fourth-order valence-electron chi connectivity index (χ4n) is 3.50. The Morgan fingerprint density at radius 2 is 1.38 bits per heavy atom. The summed E-state index contributed by atoms with van der Waals surface area (Å²) in [7, 11) is 0. The van der Waals surface area contributed by atoms with Crippen LogP contribution in [0.25, 0.3) is 45.1 Å². The largest absolute Gasteiger partial charge is 0.456 e. The van der Waals surface area contributed by atoms with Crippen LogP contribution in [0.4, 0.5) is 0 Å². The van der Waals surface area contributed by atoms with Crippen LogP contribution in [0.5, 0.6) is 0 Å². The molecule has 0 fully saturated rings. The van der Waals surface area contributed by atoms with Gasteiger partial charge in [0.2, 0.25) is 0 Å². The number of hydrogen-bond donors (Lipinski definition) is 0. The first-order valence-electron chi connectivity index (χ1n) is 8.57. The number of furan rings is 2. The molecule has 124 valence electrons. The van der Waals surface area contributed by atoms with Crippen molar-refractivity contribution in [3.8, 4) is 0 Å². The first-order valence-corrected chi connectivity index (χ1v) is 8.57. The maximum atomic E-state index is 6.15. The molecule has 26 heavy (non-hydrogen) atoms. The fraction of sp³-hybridized carbons (Fsp3) is 0. The lowest BCUT2D eigenvalue weighted by atomic mass is 10.1. The summed E-state index contributed by atoms with van der Waals surface area (Å²) in [4.78, 5) is 0. The first kappa shape index (κ1) is 14.8. The molecule has 0 aliphatic carbocycles. The van der Waals surface area contributed by atoms with Gasteiger partial charge in [0.15, 0.2) is 0 Å². The van der Waals surface area contributed by atoms with Gasteiger partial charge in [0, 0.05) is 26.9 Å². The van der Waals surface area contributed by atoms with Gasteiger partial charge in [-0.15, -0.1) is 0 Å². The highest BCUT2D eigenvalue weighted by atomic mass is 16.3. The molecule has 0 saturated carbocycles. The van der Waals surface area contributed by atoms with Crippen molar-refractivity contribution < 1.29 is 8.83 Å². The minimum Gasteiger partial charge on any atom is -0.456 e. The van der Waals surface area contributed by atoms with Crippen molar-refractivity contribution >= 4 is 45.1 Å². The van der Waals surface area contributed by atoms with Crippen LogP contribution < -0.4 is 10.6 Å². The van der Waals surface area contributed by atoms with Crippen molar-refractivity contribution in [3.63, 3.8) is 0 Å². The van der Waals surface area contributed by atoms with Crippen molar-refractivity contribution in [3.05, 3.63) is 95.6 Å². The zero-order valence-corrected chi connectivity index (χ0v) is 14.1. The molecule has 5 aromatic rings. The van der Waals surface area contributed by atoms with Gasteiger partial charge in [-0.1, -0.05) is 67.3 Å². The molecule has 0 unspecified atom stereocenters. The summed E-state index contributed by atoms with van der Waals surface area (Å²) in [5, 5.41) is 4.37. The van der Waals surface area contributed by atoms with Crippen LogP contribution in [0.15, 0.2) is 88.2 Å². The van der Waals surface area contributed by atoms with Crippen LogP contribution in [0, 0.1) is 0 Å². The molecule has 2 nitrogen and oxygen atoms in total. The third-order valence-electron chi connectivity index (χ3n) is 4.67. The van der Waals surface area contributed by atoms with Gasteiger partial charge < -0.3 is 8.83 Å². The molecule has 0 bridgehead atoms. The van der Waals surface area contributed by atoms with Gasteiger partial charge >= 0.3 is 0 Å². The second kappa shape index (κ2) is 5.78. The smallest absolute Gasteiger partial charge is 0.142 e. The Morgan fingerprint density at radius 3 is 2.19 bits per heavy atom. The third-order valence-corrected chi connectivity index (χ3v) is 4.67. The molecule has 0 aliphatic rings. The summed E-state index contributed by atoms with van der Waals surface area (Å²) in [5.74, 6) is 0. The van der Waals surface area contributed by atoms with Gasteiger partial charge in [-0.25, -0.2) is 0 Å². The third kappa shape index (κ3) is 2.20. The molecule has 2 aromatic heterocycles. The fourth-order valence-corrected chi connectivity index (χ4v) is 3.50. The van der Waals surface area contributed by atoms with Gasteiger partial charge in [-0.05, 0) is 24.3 Å². The van der Waals surface area contributed by atoms with Crippen molar-refractivity contribution in [1.82, 2.24) is 0 Å². The molecular formula is C24H16O2. The Morgan fingerprint density at radius 1 is 0.692 bits per heavy atom. The van der Waals surface area contributed by atoms with Gasteiger partial charge in [0.1, 0.15) is 22.2 Å². The maximum Gasteiger partial charge on any atom is 0.142 e. The highest BCUT2D eigenvalue weighted by Gasteiger charge is 2.09. The van der Waals surface area contributed by atoms with E-state index in [1.165, 1.54) is 0 Å². The summed E-state index contributed by atoms with van der Waals surface area (Å²) >= 11 is 0. The van der Waals surface area contributed by atoms with Crippen LogP contribution in [0.3, 0.4) is 0 Å². The van der Waals surface area contributed by atoms with E-state index >= 15 is 0 Å². The van der Waals surface area contributed by atoms with E-state index < -0.39 is 0 Å². The minimum atomic E-state index is 0.800. The molecular weight excluding hydrogens is 320 g/mol. The highest BCUT2D eigenvalue weighted by molar-refractivity contribution is 6.07. The standard InChI is InChI=1S/C24H16O2/c1-2-8-21-20(18-11-4-5-13-22(18)25-21)15-16-9-7-12-19-17-10-3-6-14-23(17)26-24(16)19/h2-15H,1H2/b20-15-,21-8+. The first-order chi connectivity index (χ1) is 12.8. The number of hydrogen-bond acceptors (Lipinski definition) is 2. The monoisotopic (exact) mass is 336 g/mol. The SMILES string of the molecule is C=C/C=c1/oc2ccccc2/c1=C/c1cccc2c1oc1ccccc12. The lowest BCUT2D eigenvalue weighted by Gasteiger charge is -1.95. The van der Waals surface area contributed by atoms with Crippen molar-refractivity contribution in [2.75, 3.05) is 0 Å². The normalized spacial score (nSPS) is 13.2. The van der Waals surface area contributed by atoms with Crippen LogP contribution in [-0.4, -0.2) is 0 Å². The predicted molar refractivity (Wildman–Crippen MR) is 107 cm³/mol. The molecule has 0 spiro atoms. The Bertz CT molecular complexity index is 1400. The van der Waals surface area contributed by atoms with E-state index in [0.29, 0.717) is 0 Å². The second-order valence-corrected chi connectivity index (χ2v) is 6.24. The minimum absolute atomic E-state index is 0.800. The Labute approximate surface area is 150 Å². The lowest BCUT2D eigenvalue weighted by Crippen LogP contribution is -2.19. The number of allylic oxidation sites excluding steroid dienone is 1. The summed E-state index contributed by atoms with van der Waals surface area (Å²) < 4.78 is 12.1. The quantitative estimate of drug-likeness (QED) is 0.447. The number of benzene rings is 3. The van der Waals surface area contributed by atoms with Gasteiger partial charge in [-0.3, -0.25) is 0 Å². The molecule has 5 rings (SSSR count). The van der Waals surface area contributed by atoms with Gasteiger partial charge in [0.25, 0.3) is 0 Å². The zero-order chi connectivity index (χ0) is 17.5. The second-order valence-electron chi connectivity index (χ2n) is 6.24. The summed E-state index contributed by atoms with van der Waals surface area (Å²) in [6.45, 7) is 3.81. The number of para-hydroxylation sites is 3. The Kier molecular flexibility index (Phi) is 3.29. The topological polar surface area (TPSA) is 26.3 Å². The van der Waals surface area contributed by atoms with Crippen molar-refractivity contribution in [2.24, 2.45) is 0 Å². The lowest BCUT2D eigenvalue weighted by molar-refractivity contribution is 0.576. The van der Waals surface area contributed by atoms with E-state index in [1.807, 2.05) is 42.5 Å². The number of rotatable bonds is 2. The summed E-state index contributed by atoms with van der Waals surface area (Å²) in [5.41, 5.74) is 4.49. The average Bonchev–Trinajstić information content (AvgIpc) is 3.22. The zero-order valence-electron chi connectivity index (χ0n) is 14.1. The van der Waals surface area contributed by atoms with Crippen LogP contribution in [0.1, 0.15) is 5.56 Å². The summed E-state index contributed by atoms with van der Waals surface area (Å²) in [6.07, 6.45) is 5.77. The molecule has 3 aromatic carbocycles. The molecule has 0 atom stereocenters. The predicted octanol–water partition coefficient (Wildman–Crippen LogP) is 5.13. The maximum absolute atomic E-state index is 6.15. The van der Waals surface area contributed by atoms with Crippen LogP contribution in [0.2, 0.25) is 0 Å². The molecule has 0 N–H and O–H groups in total. The Balaban J connectivity index is 1.90. The Hall–Kier alpha value is -3.52. The van der Waals surface area contributed by atoms with Gasteiger partial charge in [-0.2, -0.15) is 0 Å².